The van der Waals surface area contributed by atoms with E-state index in [0.29, 0.717) is 34.5 Å². The number of halogens is 3. The van der Waals surface area contributed by atoms with Crippen LogP contribution in [0.5, 0.6) is 0 Å². The van der Waals surface area contributed by atoms with Crippen LogP contribution < -0.4 is 5.32 Å². The van der Waals surface area contributed by atoms with Crippen molar-refractivity contribution in [1.29, 1.82) is 0 Å². The van der Waals surface area contributed by atoms with Crippen LogP contribution in [0.1, 0.15) is 34.9 Å². The van der Waals surface area contributed by atoms with Crippen LogP contribution in [0.3, 0.4) is 0 Å². The number of alkyl halides is 3. The summed E-state index contributed by atoms with van der Waals surface area (Å²) in [5.74, 6) is -0.243. The lowest BCUT2D eigenvalue weighted by Gasteiger charge is -2.19. The van der Waals surface area contributed by atoms with Crippen LogP contribution >= 0.6 is 0 Å². The summed E-state index contributed by atoms with van der Waals surface area (Å²) in [5.41, 5.74) is 4.53. The lowest BCUT2D eigenvalue weighted by Crippen LogP contribution is -2.11. The van der Waals surface area contributed by atoms with E-state index in [2.05, 4.69) is 5.32 Å². The van der Waals surface area contributed by atoms with Gasteiger partial charge in [-0.25, -0.2) is 8.42 Å². The van der Waals surface area contributed by atoms with Crippen molar-refractivity contribution in [2.24, 2.45) is 0 Å². The van der Waals surface area contributed by atoms with Gasteiger partial charge in [0.25, 0.3) is 0 Å². The molecule has 0 aliphatic heterocycles. The van der Waals surface area contributed by atoms with E-state index in [9.17, 15) is 26.4 Å². The van der Waals surface area contributed by atoms with Crippen molar-refractivity contribution < 1.29 is 26.4 Å². The Morgan fingerprint density at radius 2 is 1.61 bits per heavy atom. The van der Waals surface area contributed by atoms with Crippen LogP contribution in [0.4, 0.5) is 18.9 Å². The third kappa shape index (κ3) is 5.67. The van der Waals surface area contributed by atoms with E-state index in [4.69, 9.17) is 0 Å². The minimum absolute atomic E-state index is 0.0334. The lowest BCUT2D eigenvalue weighted by atomic mass is 9.97. The SMILES string of the molecule is CC(=O)Nc1c(C)cn(-c2cc(S(C)(=O)=O)cc(-c3ccc(C(F)(F)F)cc3)c2C)c1Cc1ccccc1. The van der Waals surface area contributed by atoms with Gasteiger partial charge in [-0.15, -0.1) is 0 Å². The Hall–Kier alpha value is -3.85. The van der Waals surface area contributed by atoms with Crippen LogP contribution in [-0.2, 0) is 27.2 Å². The maximum absolute atomic E-state index is 13.1. The Labute approximate surface area is 219 Å². The van der Waals surface area contributed by atoms with Crippen molar-refractivity contribution in [3.8, 4) is 16.8 Å². The second-order valence-corrected chi connectivity index (χ2v) is 11.3. The van der Waals surface area contributed by atoms with Gasteiger partial charge in [0.1, 0.15) is 0 Å². The van der Waals surface area contributed by atoms with Crippen LogP contribution in [0.25, 0.3) is 16.8 Å². The highest BCUT2D eigenvalue weighted by Crippen LogP contribution is 2.37. The first kappa shape index (κ1) is 27.2. The highest BCUT2D eigenvalue weighted by atomic mass is 32.2. The topological polar surface area (TPSA) is 68.2 Å². The highest BCUT2D eigenvalue weighted by molar-refractivity contribution is 7.90. The van der Waals surface area contributed by atoms with Gasteiger partial charge in [-0.2, -0.15) is 13.2 Å². The molecule has 0 radical (unpaired) electrons. The Balaban J connectivity index is 1.98. The molecule has 0 saturated carbocycles. The molecular weight excluding hydrogens is 513 g/mol. The monoisotopic (exact) mass is 540 g/mol. The normalized spacial score (nSPS) is 12.0. The zero-order valence-electron chi connectivity index (χ0n) is 21.3. The molecule has 4 aromatic rings. The Morgan fingerprint density at radius 3 is 2.16 bits per heavy atom. The second kappa shape index (κ2) is 10.1. The van der Waals surface area contributed by atoms with Crippen LogP contribution in [-0.4, -0.2) is 25.1 Å². The summed E-state index contributed by atoms with van der Waals surface area (Å²) in [6, 6.07) is 17.3. The average molecular weight is 541 g/mol. The molecule has 0 fully saturated rings. The summed E-state index contributed by atoms with van der Waals surface area (Å²) >= 11 is 0. The molecule has 1 heterocycles. The summed E-state index contributed by atoms with van der Waals surface area (Å²) in [5, 5.41) is 2.90. The van der Waals surface area contributed by atoms with Gasteiger partial charge in [-0.05, 0) is 65.9 Å². The molecule has 4 rings (SSSR count). The lowest BCUT2D eigenvalue weighted by molar-refractivity contribution is -0.137. The molecule has 0 bridgehead atoms. The van der Waals surface area contributed by atoms with Crippen molar-refractivity contribution in [1.82, 2.24) is 4.57 Å². The molecule has 0 aliphatic carbocycles. The summed E-state index contributed by atoms with van der Waals surface area (Å²) < 4.78 is 66.6. The first-order valence-corrected chi connectivity index (χ1v) is 13.7. The molecule has 3 aromatic carbocycles. The van der Waals surface area contributed by atoms with Crippen molar-refractivity contribution >= 4 is 21.4 Å². The minimum Gasteiger partial charge on any atom is -0.325 e. The molecule has 1 aromatic heterocycles. The van der Waals surface area contributed by atoms with Crippen molar-refractivity contribution in [2.45, 2.75) is 38.3 Å². The number of anilines is 1. The molecule has 0 aliphatic rings. The molecule has 5 nitrogen and oxygen atoms in total. The van der Waals surface area contributed by atoms with Gasteiger partial charge >= 0.3 is 6.18 Å². The summed E-state index contributed by atoms with van der Waals surface area (Å²) in [7, 11) is -3.67. The van der Waals surface area contributed by atoms with Gasteiger partial charge in [-0.1, -0.05) is 42.5 Å². The van der Waals surface area contributed by atoms with Crippen LogP contribution in [0, 0.1) is 13.8 Å². The number of carbonyl (C=O) groups excluding carboxylic acids is 1. The number of rotatable bonds is 6. The Kier molecular flexibility index (Phi) is 7.25. The van der Waals surface area contributed by atoms with E-state index in [0.717, 1.165) is 35.2 Å². The summed E-state index contributed by atoms with van der Waals surface area (Å²) in [6.07, 6.45) is -1.12. The Bertz CT molecular complexity index is 1610. The third-order valence-electron chi connectivity index (χ3n) is 6.38. The number of hydrogen-bond donors (Lipinski definition) is 1. The standard InChI is InChI=1S/C29H27F3N2O3S/c1-18-17-34(27(28(18)33-20(3)35)14-21-8-6-5-7-9-21)26-16-24(38(4,36)37)15-25(19(26)2)22-10-12-23(13-11-22)29(30,31)32/h5-13,15-17H,14H2,1-4H3,(H,33,35). The molecule has 0 atom stereocenters. The van der Waals surface area contributed by atoms with E-state index < -0.39 is 21.6 Å². The van der Waals surface area contributed by atoms with Gasteiger partial charge in [0.05, 0.1) is 27.5 Å². The van der Waals surface area contributed by atoms with Crippen molar-refractivity contribution in [3.05, 3.63) is 101 Å². The fraction of sp³-hybridized carbons (Fsp3) is 0.207. The molecule has 38 heavy (non-hydrogen) atoms. The number of amides is 1. The van der Waals surface area contributed by atoms with Gasteiger partial charge in [0.2, 0.25) is 5.91 Å². The Morgan fingerprint density at radius 1 is 0.974 bits per heavy atom. The molecule has 0 saturated heterocycles. The van der Waals surface area contributed by atoms with Crippen LogP contribution in [0.2, 0.25) is 0 Å². The molecule has 198 valence electrons. The number of nitrogens with one attached hydrogen (secondary N) is 1. The number of benzene rings is 3. The zero-order chi connectivity index (χ0) is 27.8. The first-order chi connectivity index (χ1) is 17.8. The quantitative estimate of drug-likeness (QED) is 0.295. The molecule has 0 unspecified atom stereocenters. The zero-order valence-corrected chi connectivity index (χ0v) is 22.2. The smallest absolute Gasteiger partial charge is 0.325 e. The van der Waals surface area contributed by atoms with Gasteiger partial charge in [0, 0.05) is 25.8 Å². The van der Waals surface area contributed by atoms with Crippen LogP contribution in [0.15, 0.2) is 77.8 Å². The minimum atomic E-state index is -4.48. The number of hydrogen-bond acceptors (Lipinski definition) is 3. The highest BCUT2D eigenvalue weighted by Gasteiger charge is 2.30. The third-order valence-corrected chi connectivity index (χ3v) is 7.47. The van der Waals surface area contributed by atoms with Gasteiger partial charge in [-0.3, -0.25) is 4.79 Å². The molecule has 1 N–H and O–H groups in total. The largest absolute Gasteiger partial charge is 0.416 e. The van der Waals surface area contributed by atoms with Crippen molar-refractivity contribution in [3.63, 3.8) is 0 Å². The summed E-state index contributed by atoms with van der Waals surface area (Å²) in [6.45, 7) is 5.07. The number of aromatic nitrogens is 1. The molecule has 9 heteroatoms. The molecule has 0 spiro atoms. The second-order valence-electron chi connectivity index (χ2n) is 9.31. The molecule has 1 amide bonds. The predicted octanol–water partition coefficient (Wildman–Crippen LogP) is 6.73. The average Bonchev–Trinajstić information content (AvgIpc) is 3.13. The van der Waals surface area contributed by atoms with E-state index in [1.165, 1.54) is 25.1 Å². The fourth-order valence-electron chi connectivity index (χ4n) is 4.48. The maximum atomic E-state index is 13.1. The maximum Gasteiger partial charge on any atom is 0.416 e. The predicted molar refractivity (Wildman–Crippen MR) is 142 cm³/mol. The van der Waals surface area contributed by atoms with E-state index in [1.54, 1.807) is 13.0 Å². The van der Waals surface area contributed by atoms with Gasteiger partial charge in [0.15, 0.2) is 9.84 Å². The number of sulfone groups is 1. The van der Waals surface area contributed by atoms with Crippen molar-refractivity contribution in [2.75, 3.05) is 11.6 Å². The van der Waals surface area contributed by atoms with E-state index in [-0.39, 0.29) is 10.8 Å². The first-order valence-electron chi connectivity index (χ1n) is 11.8. The molecular formula is C29H27F3N2O3S. The van der Waals surface area contributed by atoms with E-state index >= 15 is 0 Å². The fourth-order valence-corrected chi connectivity index (χ4v) is 5.14. The number of nitrogens with zero attached hydrogens (tertiary/aromatic N) is 1. The summed E-state index contributed by atoms with van der Waals surface area (Å²) in [4.78, 5) is 12.1. The van der Waals surface area contributed by atoms with Gasteiger partial charge < -0.3 is 9.88 Å². The number of aryl methyl sites for hydroxylation is 1. The number of carbonyl (C=O) groups is 1. The van der Waals surface area contributed by atoms with E-state index in [1.807, 2.05) is 48.0 Å².